The van der Waals surface area contributed by atoms with Crippen molar-refractivity contribution in [3.8, 4) is 56.4 Å². The standard InChI is InChI=1S/C53H38N6/c1-59-52(42-21-12-5-13-22-42)57-51(40-19-10-4-11-20-40)58-53(59)43-31-25-36(26-32-43)44-33-34-47-45(35-44)23-14-24-46(47)37-27-29-41(30-28-37)50-55-48(38-15-6-2-7-16-38)54-49(56-50)39-17-8-3-9-18-39/h2-35,52H,1H3. The van der Waals surface area contributed by atoms with Crippen LogP contribution >= 0.6 is 0 Å². The van der Waals surface area contributed by atoms with Crippen LogP contribution in [0.4, 0.5) is 0 Å². The summed E-state index contributed by atoms with van der Waals surface area (Å²) in [6.45, 7) is 0. The van der Waals surface area contributed by atoms with E-state index < -0.39 is 0 Å². The Morgan fingerprint density at radius 1 is 0.390 bits per heavy atom. The van der Waals surface area contributed by atoms with Gasteiger partial charge in [-0.05, 0) is 44.7 Å². The molecule has 1 atom stereocenters. The van der Waals surface area contributed by atoms with Gasteiger partial charge >= 0.3 is 0 Å². The topological polar surface area (TPSA) is 66.6 Å². The summed E-state index contributed by atoms with van der Waals surface area (Å²) in [6, 6.07) is 71.2. The van der Waals surface area contributed by atoms with Crippen molar-refractivity contribution in [2.75, 3.05) is 7.05 Å². The molecule has 0 saturated carbocycles. The minimum Gasteiger partial charge on any atom is -0.333 e. The quantitative estimate of drug-likeness (QED) is 0.155. The second-order valence-corrected chi connectivity index (χ2v) is 14.6. The van der Waals surface area contributed by atoms with E-state index >= 15 is 0 Å². The normalized spacial score (nSPS) is 13.8. The first-order chi connectivity index (χ1) is 29.1. The molecule has 10 rings (SSSR count). The van der Waals surface area contributed by atoms with Gasteiger partial charge in [0.1, 0.15) is 12.0 Å². The molecule has 0 saturated heterocycles. The maximum Gasteiger partial charge on any atom is 0.164 e. The van der Waals surface area contributed by atoms with Crippen molar-refractivity contribution in [2.24, 2.45) is 9.98 Å². The minimum absolute atomic E-state index is 0.187. The molecule has 0 N–H and O–H groups in total. The lowest BCUT2D eigenvalue weighted by molar-refractivity contribution is 0.383. The Kier molecular flexibility index (Phi) is 9.41. The number of amidine groups is 2. The van der Waals surface area contributed by atoms with E-state index in [-0.39, 0.29) is 6.17 Å². The summed E-state index contributed by atoms with van der Waals surface area (Å²) in [5.41, 5.74) is 10.6. The first-order valence-corrected chi connectivity index (χ1v) is 19.8. The van der Waals surface area contributed by atoms with Crippen molar-refractivity contribution in [1.82, 2.24) is 19.9 Å². The summed E-state index contributed by atoms with van der Waals surface area (Å²) in [6.07, 6.45) is -0.187. The van der Waals surface area contributed by atoms with Gasteiger partial charge in [0.05, 0.1) is 0 Å². The van der Waals surface area contributed by atoms with Crippen LogP contribution in [0.2, 0.25) is 0 Å². The SMILES string of the molecule is CN1C(c2ccc(-c3ccc4c(-c5ccc(-c6nc(-c7ccccc7)nc(-c7ccccc7)n6)cc5)cccc4c3)cc2)=NC(c2ccccc2)=NC1c1ccccc1. The molecule has 1 aromatic heterocycles. The van der Waals surface area contributed by atoms with Gasteiger partial charge in [0.25, 0.3) is 0 Å². The number of aliphatic imine (C=N–C) groups is 2. The molecule has 8 aromatic carbocycles. The summed E-state index contributed by atoms with van der Waals surface area (Å²) < 4.78 is 0. The average molecular weight is 759 g/mol. The predicted molar refractivity (Wildman–Crippen MR) is 241 cm³/mol. The Morgan fingerprint density at radius 2 is 0.864 bits per heavy atom. The highest BCUT2D eigenvalue weighted by Crippen LogP contribution is 2.34. The lowest BCUT2D eigenvalue weighted by Gasteiger charge is -2.32. The Labute approximate surface area is 343 Å². The van der Waals surface area contributed by atoms with Crippen molar-refractivity contribution in [3.63, 3.8) is 0 Å². The number of aromatic nitrogens is 3. The Hall–Kier alpha value is -7.83. The number of nitrogens with zero attached hydrogens (tertiary/aromatic N) is 6. The second kappa shape index (κ2) is 15.6. The molecule has 280 valence electrons. The molecule has 2 heterocycles. The zero-order valence-electron chi connectivity index (χ0n) is 32.4. The lowest BCUT2D eigenvalue weighted by atomic mass is 9.94. The third-order valence-corrected chi connectivity index (χ3v) is 10.8. The molecule has 0 bridgehead atoms. The molecule has 9 aromatic rings. The number of hydrogen-bond donors (Lipinski definition) is 0. The summed E-state index contributed by atoms with van der Waals surface area (Å²) in [5.74, 6) is 3.56. The summed E-state index contributed by atoms with van der Waals surface area (Å²) >= 11 is 0. The van der Waals surface area contributed by atoms with Crippen molar-refractivity contribution in [1.29, 1.82) is 0 Å². The van der Waals surface area contributed by atoms with Gasteiger partial charge in [-0.3, -0.25) is 0 Å². The molecule has 6 nitrogen and oxygen atoms in total. The molecule has 0 amide bonds. The second-order valence-electron chi connectivity index (χ2n) is 14.6. The number of rotatable bonds is 8. The fourth-order valence-corrected chi connectivity index (χ4v) is 7.71. The van der Waals surface area contributed by atoms with Gasteiger partial charge in [0.15, 0.2) is 23.3 Å². The van der Waals surface area contributed by atoms with Crippen molar-refractivity contribution in [2.45, 2.75) is 6.17 Å². The van der Waals surface area contributed by atoms with E-state index in [2.05, 4.69) is 133 Å². The molecule has 1 aliphatic rings. The fraction of sp³-hybridized carbons (Fsp3) is 0.0377. The molecular weight excluding hydrogens is 721 g/mol. The maximum absolute atomic E-state index is 5.10. The van der Waals surface area contributed by atoms with Gasteiger partial charge in [0, 0.05) is 34.9 Å². The molecule has 0 aliphatic carbocycles. The lowest BCUT2D eigenvalue weighted by Crippen LogP contribution is -2.35. The van der Waals surface area contributed by atoms with E-state index in [1.807, 2.05) is 84.9 Å². The summed E-state index contributed by atoms with van der Waals surface area (Å²) in [5, 5.41) is 2.37. The van der Waals surface area contributed by atoms with Crippen molar-refractivity contribution in [3.05, 3.63) is 223 Å². The molecule has 1 aliphatic heterocycles. The smallest absolute Gasteiger partial charge is 0.164 e. The summed E-state index contributed by atoms with van der Waals surface area (Å²) in [7, 11) is 2.07. The van der Waals surface area contributed by atoms with Gasteiger partial charge in [0.2, 0.25) is 0 Å². The Morgan fingerprint density at radius 3 is 1.46 bits per heavy atom. The van der Waals surface area contributed by atoms with Gasteiger partial charge in [-0.2, -0.15) is 0 Å². The minimum atomic E-state index is -0.187. The predicted octanol–water partition coefficient (Wildman–Crippen LogP) is 12.2. The highest BCUT2D eigenvalue weighted by Gasteiger charge is 2.26. The molecule has 0 radical (unpaired) electrons. The zero-order chi connectivity index (χ0) is 39.5. The van der Waals surface area contributed by atoms with Crippen LogP contribution in [0.1, 0.15) is 22.9 Å². The van der Waals surface area contributed by atoms with Crippen LogP contribution in [0.3, 0.4) is 0 Å². The molecular formula is C53H38N6. The van der Waals surface area contributed by atoms with Crippen LogP contribution in [0.25, 0.3) is 67.2 Å². The van der Waals surface area contributed by atoms with E-state index in [1.165, 1.54) is 16.3 Å². The number of hydrogen-bond acceptors (Lipinski definition) is 6. The van der Waals surface area contributed by atoms with Gasteiger partial charge in [-0.15, -0.1) is 0 Å². The molecule has 0 fully saturated rings. The monoisotopic (exact) mass is 758 g/mol. The van der Waals surface area contributed by atoms with E-state index in [4.69, 9.17) is 24.9 Å². The molecule has 0 spiro atoms. The Balaban J connectivity index is 0.937. The van der Waals surface area contributed by atoms with Crippen LogP contribution in [0.15, 0.2) is 216 Å². The van der Waals surface area contributed by atoms with E-state index in [9.17, 15) is 0 Å². The van der Waals surface area contributed by atoms with Crippen LogP contribution in [0.5, 0.6) is 0 Å². The number of benzene rings is 8. The van der Waals surface area contributed by atoms with Crippen LogP contribution in [-0.2, 0) is 0 Å². The first-order valence-electron chi connectivity index (χ1n) is 19.8. The highest BCUT2D eigenvalue weighted by molar-refractivity contribution is 6.13. The van der Waals surface area contributed by atoms with Crippen LogP contribution in [0, 0.1) is 0 Å². The maximum atomic E-state index is 5.10. The fourth-order valence-electron chi connectivity index (χ4n) is 7.71. The van der Waals surface area contributed by atoms with Crippen molar-refractivity contribution < 1.29 is 0 Å². The third kappa shape index (κ3) is 7.20. The van der Waals surface area contributed by atoms with Gasteiger partial charge in [-0.25, -0.2) is 24.9 Å². The number of fused-ring (bicyclic) bond motifs is 1. The highest BCUT2D eigenvalue weighted by atomic mass is 15.3. The molecule has 59 heavy (non-hydrogen) atoms. The largest absolute Gasteiger partial charge is 0.333 e. The molecule has 1 unspecified atom stereocenters. The molecule has 6 heteroatoms. The van der Waals surface area contributed by atoms with E-state index in [1.54, 1.807) is 0 Å². The first kappa shape index (κ1) is 35.6. The average Bonchev–Trinajstić information content (AvgIpc) is 3.32. The van der Waals surface area contributed by atoms with Gasteiger partial charge < -0.3 is 4.90 Å². The Bertz CT molecular complexity index is 2910. The van der Waals surface area contributed by atoms with Crippen molar-refractivity contribution >= 4 is 22.4 Å². The van der Waals surface area contributed by atoms with Gasteiger partial charge in [-0.1, -0.05) is 200 Å². The van der Waals surface area contributed by atoms with Crippen LogP contribution in [-0.4, -0.2) is 38.6 Å². The van der Waals surface area contributed by atoms with E-state index in [0.717, 1.165) is 61.7 Å². The van der Waals surface area contributed by atoms with E-state index in [0.29, 0.717) is 17.5 Å². The summed E-state index contributed by atoms with van der Waals surface area (Å²) in [4.78, 5) is 27.0. The zero-order valence-corrected chi connectivity index (χ0v) is 32.4. The third-order valence-electron chi connectivity index (χ3n) is 10.8. The van der Waals surface area contributed by atoms with Crippen LogP contribution < -0.4 is 0 Å².